The number of carbonyl (C=O) groups is 2. The summed E-state index contributed by atoms with van der Waals surface area (Å²) >= 11 is 1.39. The Morgan fingerprint density at radius 2 is 2.26 bits per heavy atom. The number of nitrogens with one attached hydrogen (secondary N) is 1. The fourth-order valence-electron chi connectivity index (χ4n) is 2.45. The minimum absolute atomic E-state index is 0.129. The molecule has 1 aliphatic carbocycles. The maximum Gasteiger partial charge on any atom is 0.341 e. The second-order valence-corrected chi connectivity index (χ2v) is 6.40. The zero-order valence-electron chi connectivity index (χ0n) is 13.0. The van der Waals surface area contributed by atoms with E-state index in [2.05, 4.69) is 5.32 Å². The average molecular weight is 333 g/mol. The van der Waals surface area contributed by atoms with E-state index < -0.39 is 0 Å². The number of esters is 1. The summed E-state index contributed by atoms with van der Waals surface area (Å²) in [5, 5.41) is 5.41. The monoisotopic (exact) mass is 333 g/mol. The molecule has 1 saturated carbocycles. The highest BCUT2D eigenvalue weighted by Crippen LogP contribution is 2.46. The van der Waals surface area contributed by atoms with Crippen molar-refractivity contribution in [3.63, 3.8) is 0 Å². The molecule has 0 aromatic carbocycles. The minimum Gasteiger partial charge on any atom is -0.469 e. The van der Waals surface area contributed by atoms with Crippen LogP contribution in [0.2, 0.25) is 0 Å². The summed E-state index contributed by atoms with van der Waals surface area (Å²) < 4.78 is 10.4. The third kappa shape index (κ3) is 3.82. The van der Waals surface area contributed by atoms with Gasteiger partial charge in [-0.25, -0.2) is 4.79 Å². The molecule has 2 aromatic rings. The Kier molecular flexibility index (Phi) is 4.81. The van der Waals surface area contributed by atoms with Gasteiger partial charge in [0.05, 0.1) is 18.4 Å². The van der Waals surface area contributed by atoms with Gasteiger partial charge in [-0.15, -0.1) is 11.3 Å². The lowest BCUT2D eigenvalue weighted by atomic mass is 10.1. The lowest BCUT2D eigenvalue weighted by molar-refractivity contribution is -0.116. The van der Waals surface area contributed by atoms with Crippen LogP contribution in [-0.4, -0.2) is 18.5 Å². The van der Waals surface area contributed by atoms with Crippen LogP contribution in [0.5, 0.6) is 0 Å². The van der Waals surface area contributed by atoms with Crippen molar-refractivity contribution in [1.29, 1.82) is 0 Å². The number of aryl methyl sites for hydroxylation is 1. The topological polar surface area (TPSA) is 68.5 Å². The van der Waals surface area contributed by atoms with E-state index in [1.54, 1.807) is 19.3 Å². The molecular weight excluding hydrogens is 314 g/mol. The van der Waals surface area contributed by atoms with E-state index in [-0.39, 0.29) is 11.9 Å². The first-order valence-corrected chi connectivity index (χ1v) is 8.67. The van der Waals surface area contributed by atoms with Gasteiger partial charge in [0.1, 0.15) is 10.8 Å². The van der Waals surface area contributed by atoms with Crippen LogP contribution in [0.25, 0.3) is 0 Å². The molecule has 3 rings (SSSR count). The Balaban J connectivity index is 1.68. The Labute approximate surface area is 138 Å². The fourth-order valence-corrected chi connectivity index (χ4v) is 3.50. The zero-order valence-corrected chi connectivity index (χ0v) is 13.8. The van der Waals surface area contributed by atoms with Crippen LogP contribution in [-0.2, 0) is 16.0 Å². The quantitative estimate of drug-likeness (QED) is 0.779. The number of hydrogen-bond acceptors (Lipinski definition) is 5. The van der Waals surface area contributed by atoms with Crippen LogP contribution in [0.15, 0.2) is 28.2 Å². The highest BCUT2D eigenvalue weighted by molar-refractivity contribution is 7.15. The summed E-state index contributed by atoms with van der Waals surface area (Å²) in [4.78, 5) is 24.4. The number of anilines is 1. The predicted molar refractivity (Wildman–Crippen MR) is 87.9 cm³/mol. The molecular formula is C17H19NO4S. The van der Waals surface area contributed by atoms with Crippen LogP contribution >= 0.6 is 11.3 Å². The SMILES string of the molecule is CCOC(=O)c1c(C2CC2)csc1NC(=O)CCc1ccco1. The van der Waals surface area contributed by atoms with Crippen LogP contribution in [0.4, 0.5) is 5.00 Å². The lowest BCUT2D eigenvalue weighted by Crippen LogP contribution is -2.15. The van der Waals surface area contributed by atoms with Crippen molar-refractivity contribution >= 4 is 28.2 Å². The number of thiophene rings is 1. The van der Waals surface area contributed by atoms with E-state index in [1.807, 2.05) is 11.4 Å². The van der Waals surface area contributed by atoms with E-state index in [4.69, 9.17) is 9.15 Å². The number of carbonyl (C=O) groups excluding carboxylic acids is 2. The summed E-state index contributed by atoms with van der Waals surface area (Å²) in [6.45, 7) is 2.10. The van der Waals surface area contributed by atoms with Gasteiger partial charge in [0, 0.05) is 12.8 Å². The first-order chi connectivity index (χ1) is 11.2. The average Bonchev–Trinajstić information content (AvgIpc) is 3.08. The molecule has 5 nitrogen and oxygen atoms in total. The van der Waals surface area contributed by atoms with Gasteiger partial charge in [-0.2, -0.15) is 0 Å². The minimum atomic E-state index is -0.350. The van der Waals surface area contributed by atoms with E-state index in [1.165, 1.54) is 11.3 Å². The second kappa shape index (κ2) is 7.00. The number of furan rings is 1. The molecule has 0 saturated heterocycles. The maximum atomic E-state index is 12.2. The van der Waals surface area contributed by atoms with Gasteiger partial charge < -0.3 is 14.5 Å². The summed E-state index contributed by atoms with van der Waals surface area (Å²) in [6.07, 6.45) is 4.62. The molecule has 1 N–H and O–H groups in total. The van der Waals surface area contributed by atoms with Gasteiger partial charge in [0.25, 0.3) is 0 Å². The van der Waals surface area contributed by atoms with E-state index in [0.717, 1.165) is 24.2 Å². The highest BCUT2D eigenvalue weighted by atomic mass is 32.1. The molecule has 122 valence electrons. The van der Waals surface area contributed by atoms with Crippen LogP contribution in [0.1, 0.15) is 53.8 Å². The Morgan fingerprint density at radius 3 is 2.91 bits per heavy atom. The van der Waals surface area contributed by atoms with E-state index in [9.17, 15) is 9.59 Å². The number of rotatable bonds is 7. The molecule has 2 heterocycles. The highest BCUT2D eigenvalue weighted by Gasteiger charge is 2.32. The molecule has 0 aliphatic heterocycles. The molecule has 0 radical (unpaired) electrons. The second-order valence-electron chi connectivity index (χ2n) is 5.52. The summed E-state index contributed by atoms with van der Waals surface area (Å²) in [5.74, 6) is 0.725. The van der Waals surface area contributed by atoms with Gasteiger partial charge in [-0.1, -0.05) is 0 Å². The number of ether oxygens (including phenoxy) is 1. The molecule has 0 bridgehead atoms. The van der Waals surface area contributed by atoms with Crippen molar-refractivity contribution in [3.8, 4) is 0 Å². The summed E-state index contributed by atoms with van der Waals surface area (Å²) in [6, 6.07) is 3.64. The molecule has 0 spiro atoms. The predicted octanol–water partition coefficient (Wildman–Crippen LogP) is 3.97. The number of amides is 1. The fraction of sp³-hybridized carbons (Fsp3) is 0.412. The van der Waals surface area contributed by atoms with E-state index in [0.29, 0.717) is 35.9 Å². The number of hydrogen-bond donors (Lipinski definition) is 1. The van der Waals surface area contributed by atoms with Gasteiger partial charge in [0.2, 0.25) is 5.91 Å². The normalized spacial score (nSPS) is 13.8. The van der Waals surface area contributed by atoms with Crippen molar-refractivity contribution < 1.29 is 18.7 Å². The van der Waals surface area contributed by atoms with Crippen molar-refractivity contribution in [2.24, 2.45) is 0 Å². The van der Waals surface area contributed by atoms with Gasteiger partial charge in [0.15, 0.2) is 0 Å². The smallest absolute Gasteiger partial charge is 0.341 e. The summed E-state index contributed by atoms with van der Waals surface area (Å²) in [5.41, 5.74) is 1.54. The molecule has 23 heavy (non-hydrogen) atoms. The molecule has 2 aromatic heterocycles. The van der Waals surface area contributed by atoms with Crippen LogP contribution in [0.3, 0.4) is 0 Å². The standard InChI is InChI=1S/C17H19NO4S/c1-2-21-17(20)15-13(11-5-6-11)10-23-16(15)18-14(19)8-7-12-4-3-9-22-12/h3-4,9-11H,2,5-8H2,1H3,(H,18,19). The zero-order chi connectivity index (χ0) is 16.2. The maximum absolute atomic E-state index is 12.2. The lowest BCUT2D eigenvalue weighted by Gasteiger charge is -2.08. The molecule has 1 fully saturated rings. The molecule has 6 heteroatoms. The molecule has 0 unspecified atom stereocenters. The third-order valence-corrected chi connectivity index (χ3v) is 4.66. The molecule has 0 atom stereocenters. The Hall–Kier alpha value is -2.08. The van der Waals surface area contributed by atoms with Crippen molar-refractivity contribution in [2.75, 3.05) is 11.9 Å². The molecule has 1 aliphatic rings. The van der Waals surface area contributed by atoms with Crippen LogP contribution in [0, 0.1) is 0 Å². The Morgan fingerprint density at radius 1 is 1.43 bits per heavy atom. The van der Waals surface area contributed by atoms with Crippen molar-refractivity contribution in [3.05, 3.63) is 40.7 Å². The van der Waals surface area contributed by atoms with Crippen LogP contribution < -0.4 is 5.32 Å². The first kappa shape index (κ1) is 15.8. The van der Waals surface area contributed by atoms with E-state index >= 15 is 0 Å². The van der Waals surface area contributed by atoms with Crippen molar-refractivity contribution in [2.45, 2.75) is 38.5 Å². The van der Waals surface area contributed by atoms with Crippen molar-refractivity contribution in [1.82, 2.24) is 0 Å². The van der Waals surface area contributed by atoms with Gasteiger partial charge >= 0.3 is 5.97 Å². The van der Waals surface area contributed by atoms with Gasteiger partial charge in [-0.05, 0) is 48.8 Å². The Bertz CT molecular complexity index is 686. The first-order valence-electron chi connectivity index (χ1n) is 7.79. The summed E-state index contributed by atoms with van der Waals surface area (Å²) in [7, 11) is 0. The van der Waals surface area contributed by atoms with Gasteiger partial charge in [-0.3, -0.25) is 4.79 Å². The largest absolute Gasteiger partial charge is 0.469 e. The third-order valence-electron chi connectivity index (χ3n) is 3.75. The molecule has 1 amide bonds.